The molecule has 4 heteroatoms. The van der Waals surface area contributed by atoms with Gasteiger partial charge < -0.3 is 5.32 Å². The van der Waals surface area contributed by atoms with E-state index in [2.05, 4.69) is 16.4 Å². The van der Waals surface area contributed by atoms with Crippen molar-refractivity contribution in [2.75, 3.05) is 5.32 Å². The second-order valence-corrected chi connectivity index (χ2v) is 4.71. The van der Waals surface area contributed by atoms with Crippen molar-refractivity contribution in [1.29, 1.82) is 0 Å². The molecule has 78 valence electrons. The smallest absolute Gasteiger partial charge is 0.196 e. The largest absolute Gasteiger partial charge is 0.329 e. The molecule has 1 N–H and O–H groups in total. The minimum Gasteiger partial charge on any atom is -0.329 e. The Bertz CT molecular complexity index is 454. The Morgan fingerprint density at radius 1 is 1.33 bits per heavy atom. The summed E-state index contributed by atoms with van der Waals surface area (Å²) in [5.41, 5.74) is 3.56. The Labute approximate surface area is 98.3 Å². The summed E-state index contributed by atoms with van der Waals surface area (Å²) in [6.45, 7) is 0. The molecule has 1 aliphatic heterocycles. The quantitative estimate of drug-likeness (QED) is 0.687. The second kappa shape index (κ2) is 3.39. The van der Waals surface area contributed by atoms with Gasteiger partial charge in [0.1, 0.15) is 0 Å². The monoisotopic (exact) mass is 240 g/mol. The highest BCUT2D eigenvalue weighted by Crippen LogP contribution is 2.43. The lowest BCUT2D eigenvalue weighted by Gasteiger charge is -2.29. The summed E-state index contributed by atoms with van der Waals surface area (Å²) in [4.78, 5) is 4.41. The highest BCUT2D eigenvalue weighted by Gasteiger charge is 2.28. The number of rotatable bonds is 0. The maximum absolute atomic E-state index is 6.15. The van der Waals surface area contributed by atoms with Crippen molar-refractivity contribution < 1.29 is 0 Å². The first-order valence-electron chi connectivity index (χ1n) is 5.07. The third-order valence-electron chi connectivity index (χ3n) is 3.04. The number of benzene rings is 1. The van der Waals surface area contributed by atoms with Crippen LogP contribution in [-0.4, -0.2) is 5.29 Å². The van der Waals surface area contributed by atoms with Gasteiger partial charge >= 0.3 is 0 Å². The SMILES string of the molecule is ClC1=NC2CCCc3ccc(Cl)c(c32)N1. The van der Waals surface area contributed by atoms with Crippen LogP contribution in [0, 0.1) is 0 Å². The third-order valence-corrected chi connectivity index (χ3v) is 3.55. The topological polar surface area (TPSA) is 24.4 Å². The van der Waals surface area contributed by atoms with Crippen molar-refractivity contribution in [1.82, 2.24) is 0 Å². The predicted octanol–water partition coefficient (Wildman–Crippen LogP) is 3.74. The van der Waals surface area contributed by atoms with Gasteiger partial charge in [-0.1, -0.05) is 17.7 Å². The second-order valence-electron chi connectivity index (χ2n) is 3.95. The Kier molecular flexibility index (Phi) is 2.15. The van der Waals surface area contributed by atoms with Crippen molar-refractivity contribution >= 4 is 34.2 Å². The van der Waals surface area contributed by atoms with Gasteiger partial charge in [-0.25, -0.2) is 4.99 Å². The van der Waals surface area contributed by atoms with E-state index < -0.39 is 0 Å². The molecule has 0 aromatic heterocycles. The van der Waals surface area contributed by atoms with Crippen molar-refractivity contribution in [2.24, 2.45) is 4.99 Å². The van der Waals surface area contributed by atoms with Crippen LogP contribution in [0.5, 0.6) is 0 Å². The van der Waals surface area contributed by atoms with Gasteiger partial charge in [0.15, 0.2) is 5.29 Å². The Hall–Kier alpha value is -0.730. The highest BCUT2D eigenvalue weighted by atomic mass is 35.5. The summed E-state index contributed by atoms with van der Waals surface area (Å²) in [7, 11) is 0. The van der Waals surface area contributed by atoms with E-state index in [1.165, 1.54) is 17.5 Å². The van der Waals surface area contributed by atoms with Crippen molar-refractivity contribution in [3.63, 3.8) is 0 Å². The van der Waals surface area contributed by atoms with Crippen LogP contribution in [0.15, 0.2) is 17.1 Å². The molecular formula is C11H10Cl2N2. The molecule has 1 heterocycles. The Morgan fingerprint density at radius 3 is 3.07 bits per heavy atom. The maximum atomic E-state index is 6.15. The molecule has 0 amide bonds. The van der Waals surface area contributed by atoms with Gasteiger partial charge in [0.25, 0.3) is 0 Å². The molecule has 3 rings (SSSR count). The van der Waals surface area contributed by atoms with E-state index in [4.69, 9.17) is 23.2 Å². The normalized spacial score (nSPS) is 22.8. The first-order valence-corrected chi connectivity index (χ1v) is 5.83. The van der Waals surface area contributed by atoms with Gasteiger partial charge in [0, 0.05) is 5.56 Å². The van der Waals surface area contributed by atoms with E-state index in [1.807, 2.05) is 6.07 Å². The van der Waals surface area contributed by atoms with Crippen molar-refractivity contribution in [3.05, 3.63) is 28.3 Å². The number of aliphatic imine (C=N–C) groups is 1. The van der Waals surface area contributed by atoms with Gasteiger partial charge in [-0.15, -0.1) is 0 Å². The van der Waals surface area contributed by atoms with Gasteiger partial charge in [-0.2, -0.15) is 0 Å². The molecule has 0 saturated carbocycles. The number of amidine groups is 1. The van der Waals surface area contributed by atoms with Crippen LogP contribution in [-0.2, 0) is 6.42 Å². The molecular weight excluding hydrogens is 231 g/mol. The lowest BCUT2D eigenvalue weighted by atomic mass is 9.86. The summed E-state index contributed by atoms with van der Waals surface area (Å²) in [5, 5.41) is 4.23. The number of anilines is 1. The van der Waals surface area contributed by atoms with E-state index in [0.29, 0.717) is 5.29 Å². The molecule has 1 aromatic carbocycles. The number of nitrogens with one attached hydrogen (secondary N) is 1. The fourth-order valence-corrected chi connectivity index (χ4v) is 2.82. The number of halogens is 2. The third kappa shape index (κ3) is 1.44. The van der Waals surface area contributed by atoms with Gasteiger partial charge in [-0.05, 0) is 42.5 Å². The standard InChI is InChI=1S/C11H10Cl2N2/c12-7-5-4-6-2-1-3-8-9(6)10(7)15-11(13)14-8/h4-5,8H,1-3H2,(H,14,15). The Balaban J connectivity index is 2.24. The molecule has 1 atom stereocenters. The molecule has 0 fully saturated rings. The molecule has 2 aliphatic rings. The van der Waals surface area contributed by atoms with Crippen LogP contribution in [0.25, 0.3) is 0 Å². The van der Waals surface area contributed by atoms with Crippen LogP contribution in [0.3, 0.4) is 0 Å². The van der Waals surface area contributed by atoms with E-state index in [-0.39, 0.29) is 6.04 Å². The number of aryl methyl sites for hydroxylation is 1. The number of hydrogen-bond donors (Lipinski definition) is 1. The fourth-order valence-electron chi connectivity index (χ4n) is 2.39. The summed E-state index contributed by atoms with van der Waals surface area (Å²) >= 11 is 12.1. The van der Waals surface area contributed by atoms with Crippen LogP contribution >= 0.6 is 23.2 Å². The summed E-state index contributed by atoms with van der Waals surface area (Å²) < 4.78 is 0. The summed E-state index contributed by atoms with van der Waals surface area (Å²) in [5.74, 6) is 0. The predicted molar refractivity (Wildman–Crippen MR) is 64.0 cm³/mol. The van der Waals surface area contributed by atoms with E-state index >= 15 is 0 Å². The molecule has 0 bridgehead atoms. The minimum absolute atomic E-state index is 0.205. The van der Waals surface area contributed by atoms with Crippen LogP contribution in [0.1, 0.15) is 30.0 Å². The lowest BCUT2D eigenvalue weighted by Crippen LogP contribution is -2.20. The average molecular weight is 241 g/mol. The zero-order valence-electron chi connectivity index (χ0n) is 8.06. The average Bonchev–Trinajstić information content (AvgIpc) is 2.23. The molecule has 2 nitrogen and oxygen atoms in total. The van der Waals surface area contributed by atoms with Crippen LogP contribution in [0.4, 0.5) is 5.69 Å². The first-order chi connectivity index (χ1) is 7.25. The van der Waals surface area contributed by atoms with E-state index in [9.17, 15) is 0 Å². The van der Waals surface area contributed by atoms with Gasteiger partial charge in [0.2, 0.25) is 0 Å². The molecule has 0 saturated heterocycles. The number of hydrogen-bond acceptors (Lipinski definition) is 2. The lowest BCUT2D eigenvalue weighted by molar-refractivity contribution is 0.572. The van der Waals surface area contributed by atoms with Crippen molar-refractivity contribution in [3.8, 4) is 0 Å². The molecule has 1 unspecified atom stereocenters. The molecule has 0 radical (unpaired) electrons. The molecule has 0 spiro atoms. The maximum Gasteiger partial charge on any atom is 0.196 e. The number of nitrogens with zero attached hydrogens (tertiary/aromatic N) is 1. The minimum atomic E-state index is 0.205. The van der Waals surface area contributed by atoms with Crippen molar-refractivity contribution in [2.45, 2.75) is 25.3 Å². The first kappa shape index (κ1) is 9.49. The Morgan fingerprint density at radius 2 is 2.20 bits per heavy atom. The fraction of sp³-hybridized carbons (Fsp3) is 0.364. The van der Waals surface area contributed by atoms with Crippen LogP contribution < -0.4 is 5.32 Å². The van der Waals surface area contributed by atoms with E-state index in [1.54, 1.807) is 0 Å². The highest BCUT2D eigenvalue weighted by molar-refractivity contribution is 6.68. The van der Waals surface area contributed by atoms with Gasteiger partial charge in [0.05, 0.1) is 16.8 Å². The van der Waals surface area contributed by atoms with Gasteiger partial charge in [-0.3, -0.25) is 0 Å². The molecule has 1 aliphatic carbocycles. The zero-order chi connectivity index (χ0) is 10.4. The zero-order valence-corrected chi connectivity index (χ0v) is 9.57. The van der Waals surface area contributed by atoms with E-state index in [0.717, 1.165) is 23.6 Å². The van der Waals surface area contributed by atoms with Crippen LogP contribution in [0.2, 0.25) is 5.02 Å². The molecule has 15 heavy (non-hydrogen) atoms. The molecule has 1 aromatic rings. The summed E-state index contributed by atoms with van der Waals surface area (Å²) in [6, 6.07) is 4.24. The summed E-state index contributed by atoms with van der Waals surface area (Å²) in [6.07, 6.45) is 3.36.